The molecule has 0 bridgehead atoms. The van der Waals surface area contributed by atoms with Crippen LogP contribution in [0.2, 0.25) is 0 Å². The van der Waals surface area contributed by atoms with Gasteiger partial charge < -0.3 is 19.8 Å². The normalized spacial score (nSPS) is 15.1. The first-order valence-corrected chi connectivity index (χ1v) is 23.9. The molecule has 0 heterocycles. The molecule has 4 aromatic rings. The first-order valence-electron chi connectivity index (χ1n) is 20.6. The number of ether oxygens (including phenoxy) is 2. The Bertz CT molecular complexity index is 1880. The summed E-state index contributed by atoms with van der Waals surface area (Å²) in [5, 5.41) is 1.52. The molecule has 9 heteroatoms. The van der Waals surface area contributed by atoms with Crippen LogP contribution in [-0.2, 0) is 30.5 Å². The topological polar surface area (TPSA) is 102 Å². The van der Waals surface area contributed by atoms with E-state index < -0.39 is 10.1 Å². The van der Waals surface area contributed by atoms with Crippen LogP contribution in [-0.4, -0.2) is 44.8 Å². The third-order valence-electron chi connectivity index (χ3n) is 11.1. The molecule has 57 heavy (non-hydrogen) atoms. The number of benzene rings is 4. The van der Waals surface area contributed by atoms with Crippen LogP contribution in [0.25, 0.3) is 22.3 Å². The van der Waals surface area contributed by atoms with Crippen LogP contribution in [0, 0.1) is 6.07 Å². The van der Waals surface area contributed by atoms with E-state index in [-0.39, 0.29) is 28.3 Å². The predicted molar refractivity (Wildman–Crippen MR) is 238 cm³/mol. The zero-order valence-corrected chi connectivity index (χ0v) is 38.9. The quantitative estimate of drug-likeness (QED) is 0.0736. The molecule has 0 atom stereocenters. The van der Waals surface area contributed by atoms with Crippen molar-refractivity contribution in [1.82, 2.24) is 0 Å². The second-order valence-electron chi connectivity index (χ2n) is 16.3. The van der Waals surface area contributed by atoms with Gasteiger partial charge >= 0.3 is 0 Å². The van der Waals surface area contributed by atoms with E-state index >= 15 is 0 Å². The van der Waals surface area contributed by atoms with Gasteiger partial charge in [-0.3, -0.25) is 0 Å². The Hall–Kier alpha value is -2.72. The molecule has 2 aliphatic carbocycles. The Labute approximate surface area is 360 Å². The van der Waals surface area contributed by atoms with Crippen molar-refractivity contribution in [2.24, 2.45) is 0 Å². The number of hydrogen-bond acceptors (Lipinski definition) is 6. The van der Waals surface area contributed by atoms with E-state index in [2.05, 4.69) is 71.9 Å². The maximum absolute atomic E-state index is 9.08. The number of para-hydroxylation sites is 1. The molecule has 1 radical (unpaired) electrons. The summed E-state index contributed by atoms with van der Waals surface area (Å²) in [7, 11) is -0.536. The number of methoxy groups -OCH3 is 2. The first kappa shape index (κ1) is 48.6. The summed E-state index contributed by atoms with van der Waals surface area (Å²) in [6.45, 7) is 14.1. The smallest absolute Gasteiger partial charge is 0.127 e. The van der Waals surface area contributed by atoms with Crippen molar-refractivity contribution in [2.45, 2.75) is 135 Å². The molecule has 0 amide bonds. The molecule has 2 fully saturated rings. The van der Waals surface area contributed by atoms with E-state index in [1.54, 1.807) is 0 Å². The van der Waals surface area contributed by atoms with Gasteiger partial charge in [0.25, 0.3) is 0 Å². The second-order valence-corrected chi connectivity index (χ2v) is 20.4. The molecule has 4 aromatic carbocycles. The maximum Gasteiger partial charge on any atom is 0.127 e. The molecule has 0 aromatic heterocycles. The molecule has 2 N–H and O–H groups in total. The van der Waals surface area contributed by atoms with Crippen molar-refractivity contribution in [3.63, 3.8) is 0 Å². The molecule has 2 saturated carbocycles. The fourth-order valence-electron chi connectivity index (χ4n) is 8.32. The Morgan fingerprint density at radius 3 is 1.60 bits per heavy atom. The second kappa shape index (κ2) is 23.2. The average molecular weight is 907 g/mol. The van der Waals surface area contributed by atoms with Gasteiger partial charge in [-0.15, -0.1) is 0 Å². The van der Waals surface area contributed by atoms with E-state index in [0.29, 0.717) is 24.0 Å². The van der Waals surface area contributed by atoms with Gasteiger partial charge in [-0.1, -0.05) is 143 Å². The molecular weight excluding hydrogens is 840 g/mol. The van der Waals surface area contributed by atoms with Crippen LogP contribution < -0.4 is 20.5 Å². The Balaban J connectivity index is 0.000000377. The van der Waals surface area contributed by atoms with Gasteiger partial charge in [0, 0.05) is 48.8 Å². The third kappa shape index (κ3) is 13.7. The first-order chi connectivity index (χ1) is 26.7. The van der Waals surface area contributed by atoms with Gasteiger partial charge in [0.1, 0.15) is 11.5 Å². The van der Waals surface area contributed by atoms with Gasteiger partial charge in [0.15, 0.2) is 0 Å². The molecule has 6 nitrogen and oxygen atoms in total. The summed E-state index contributed by atoms with van der Waals surface area (Å²) in [5.41, 5.74) is 17.5. The average Bonchev–Trinajstić information content (AvgIpc) is 3.18. The Kier molecular flexibility index (Phi) is 19.8. The molecule has 0 saturated heterocycles. The van der Waals surface area contributed by atoms with Crippen molar-refractivity contribution < 1.29 is 42.9 Å². The monoisotopic (exact) mass is 905 g/mol. The Morgan fingerprint density at radius 2 is 1.18 bits per heavy atom. The van der Waals surface area contributed by atoms with Crippen molar-refractivity contribution >= 4 is 29.0 Å². The third-order valence-corrected chi connectivity index (χ3v) is 14.6. The number of anilines is 1. The molecule has 2 aliphatic rings. The summed E-state index contributed by atoms with van der Waals surface area (Å²) >= 11 is 0. The molecule has 315 valence electrons. The van der Waals surface area contributed by atoms with Gasteiger partial charge in [0.2, 0.25) is 0 Å². The zero-order chi connectivity index (χ0) is 41.0. The number of nitrogens with two attached hydrogens (primary N) is 1. The van der Waals surface area contributed by atoms with Gasteiger partial charge in [0.05, 0.1) is 24.3 Å². The standard InChI is InChI=1S/C35H53O2P.C12H10N.CH4O3S.Pd/c1-23(2)26-21-29(24(3)4)33(30(22-26)25(5)6)34-31(36-7)19-20-32(37-8)35(34)38(27-15-11-9-12-16-27)28-17-13-10-14-18-28;13-12-9-5-4-8-11(12)10-6-2-1-3-7-10;1-5(2,3)4;/h19-25,27-28H,9-18H2,1-8H3;1-6,8-9H,13H2;1H3,(H,2,3,4);/p-1. The van der Waals surface area contributed by atoms with Crippen LogP contribution >= 0.6 is 7.92 Å². The van der Waals surface area contributed by atoms with Crippen LogP contribution in [0.1, 0.15) is 140 Å². The number of hydrogen-bond donors (Lipinski definition) is 1. The maximum atomic E-state index is 9.08. The van der Waals surface area contributed by atoms with E-state index in [1.165, 1.54) is 97.3 Å². The summed E-state index contributed by atoms with van der Waals surface area (Å²) < 4.78 is 39.8. The molecule has 0 aliphatic heterocycles. The summed E-state index contributed by atoms with van der Waals surface area (Å²) in [4.78, 5) is 0. The molecule has 6 rings (SSSR count). The van der Waals surface area contributed by atoms with E-state index in [9.17, 15) is 0 Å². The minimum atomic E-state index is -3.92. The van der Waals surface area contributed by atoms with Gasteiger partial charge in [-0.05, 0) is 107 Å². The summed E-state index contributed by atoms with van der Waals surface area (Å²) in [6.07, 6.45) is 14.5. The number of nitrogen functional groups attached to an aromatic ring is 1. The summed E-state index contributed by atoms with van der Waals surface area (Å²) in [6, 6.07) is 28.2. The predicted octanol–water partition coefficient (Wildman–Crippen LogP) is 12.4. The number of rotatable bonds is 10. The van der Waals surface area contributed by atoms with Gasteiger partial charge in [-0.25, -0.2) is 8.42 Å². The SMILES string of the molecule is COc1ccc(OC)c(P(C2CCCCC2)C2CCCCC2)c1-c1c(C(C)C)cc(C(C)C)cc1C(C)C.CS(=O)(=O)[O-].Nc1ccccc1-c1[c]cccc1.[Pd]. The van der Waals surface area contributed by atoms with Crippen LogP contribution in [0.5, 0.6) is 11.5 Å². The summed E-state index contributed by atoms with van der Waals surface area (Å²) in [5.74, 6) is 3.50. The van der Waals surface area contributed by atoms with Gasteiger partial charge in [-0.2, -0.15) is 0 Å². The molecule has 0 unspecified atom stereocenters. The fourth-order valence-corrected chi connectivity index (χ4v) is 12.4. The molecular formula is C48H66NO5PPdS-. The van der Waals surface area contributed by atoms with Crippen LogP contribution in [0.3, 0.4) is 0 Å². The van der Waals surface area contributed by atoms with Crippen molar-refractivity contribution in [3.05, 3.63) is 95.6 Å². The van der Waals surface area contributed by atoms with E-state index in [4.69, 9.17) is 28.2 Å². The van der Waals surface area contributed by atoms with Crippen LogP contribution in [0.4, 0.5) is 5.69 Å². The van der Waals surface area contributed by atoms with Crippen molar-refractivity contribution in [1.29, 1.82) is 0 Å². The van der Waals surface area contributed by atoms with Crippen LogP contribution in [0.15, 0.2) is 72.8 Å². The molecule has 0 spiro atoms. The van der Waals surface area contributed by atoms with E-state index in [1.807, 2.05) is 62.8 Å². The zero-order valence-electron chi connectivity index (χ0n) is 35.7. The van der Waals surface area contributed by atoms with Crippen molar-refractivity contribution in [3.8, 4) is 33.8 Å². The minimum absolute atomic E-state index is 0. The van der Waals surface area contributed by atoms with E-state index in [0.717, 1.165) is 39.6 Å². The minimum Gasteiger partial charge on any atom is -0.748 e. The Morgan fingerprint density at radius 1 is 0.702 bits per heavy atom. The fraction of sp³-hybridized carbons (Fsp3) is 0.500. The van der Waals surface area contributed by atoms with Crippen molar-refractivity contribution in [2.75, 3.05) is 26.2 Å². The largest absolute Gasteiger partial charge is 0.748 e.